The monoisotopic (exact) mass is 222 g/mol. The molecule has 16 heavy (non-hydrogen) atoms. The summed E-state index contributed by atoms with van der Waals surface area (Å²) in [6, 6.07) is 1.58. The van der Waals surface area contributed by atoms with Gasteiger partial charge in [0.1, 0.15) is 0 Å². The summed E-state index contributed by atoms with van der Waals surface area (Å²) in [5, 5.41) is 3.74. The Morgan fingerprint density at radius 3 is 2.56 bits per heavy atom. The first-order valence-electron chi connectivity index (χ1n) is 7.30. The van der Waals surface area contributed by atoms with E-state index in [1.807, 2.05) is 0 Å². The Bertz CT molecular complexity index is 229. The van der Waals surface area contributed by atoms with Crippen LogP contribution in [0.4, 0.5) is 0 Å². The van der Waals surface area contributed by atoms with Crippen LogP contribution in [0.5, 0.6) is 0 Å². The lowest BCUT2D eigenvalue weighted by Gasteiger charge is -2.40. The zero-order chi connectivity index (χ0) is 11.0. The first kappa shape index (κ1) is 11.0. The molecule has 1 heterocycles. The predicted molar refractivity (Wildman–Crippen MR) is 67.5 cm³/mol. The van der Waals surface area contributed by atoms with Gasteiger partial charge in [0.2, 0.25) is 0 Å². The molecule has 1 N–H and O–H groups in total. The van der Waals surface area contributed by atoms with Crippen LogP contribution in [0.2, 0.25) is 0 Å². The zero-order valence-electron chi connectivity index (χ0n) is 10.6. The van der Waals surface area contributed by atoms with Crippen LogP contribution in [0.3, 0.4) is 0 Å². The summed E-state index contributed by atoms with van der Waals surface area (Å²) in [5.41, 5.74) is 0. The van der Waals surface area contributed by atoms with Gasteiger partial charge in [-0.05, 0) is 44.4 Å². The molecule has 2 unspecified atom stereocenters. The number of hydrogen-bond acceptors (Lipinski definition) is 2. The van der Waals surface area contributed by atoms with Crippen molar-refractivity contribution in [2.75, 3.05) is 19.6 Å². The molecule has 1 aliphatic heterocycles. The Kier molecular flexibility index (Phi) is 3.21. The molecule has 2 atom stereocenters. The molecule has 3 rings (SSSR count). The molecule has 2 aliphatic carbocycles. The molecule has 2 saturated carbocycles. The number of nitrogens with zero attached hydrogens (tertiary/aromatic N) is 1. The summed E-state index contributed by atoms with van der Waals surface area (Å²) < 4.78 is 0. The predicted octanol–water partition coefficient (Wildman–Crippen LogP) is 2.25. The van der Waals surface area contributed by atoms with E-state index in [0.717, 1.165) is 23.9 Å². The van der Waals surface area contributed by atoms with Gasteiger partial charge in [0.25, 0.3) is 0 Å². The molecule has 0 aromatic carbocycles. The Labute approximate surface area is 99.8 Å². The highest BCUT2D eigenvalue weighted by molar-refractivity contribution is 4.94. The molecule has 2 nitrogen and oxygen atoms in total. The summed E-state index contributed by atoms with van der Waals surface area (Å²) in [6.07, 6.45) is 8.90. The van der Waals surface area contributed by atoms with E-state index in [2.05, 4.69) is 17.1 Å². The van der Waals surface area contributed by atoms with Gasteiger partial charge in [-0.2, -0.15) is 0 Å². The summed E-state index contributed by atoms with van der Waals surface area (Å²) in [4.78, 5) is 2.77. The minimum absolute atomic E-state index is 0.760. The van der Waals surface area contributed by atoms with Crippen LogP contribution in [0.25, 0.3) is 0 Å². The van der Waals surface area contributed by atoms with Gasteiger partial charge in [-0.3, -0.25) is 4.90 Å². The average molecular weight is 222 g/mol. The second kappa shape index (κ2) is 4.66. The fraction of sp³-hybridized carbons (Fsp3) is 1.00. The van der Waals surface area contributed by atoms with Crippen LogP contribution in [0.15, 0.2) is 0 Å². The normalized spacial score (nSPS) is 38.1. The Hall–Kier alpha value is -0.0800. The molecular formula is C14H26N2. The molecule has 1 saturated heterocycles. The second-order valence-electron chi connectivity index (χ2n) is 6.31. The minimum Gasteiger partial charge on any atom is -0.311 e. The van der Waals surface area contributed by atoms with E-state index in [1.165, 1.54) is 58.2 Å². The molecule has 0 aromatic rings. The highest BCUT2D eigenvalue weighted by Gasteiger charge is 2.36. The molecule has 0 amide bonds. The van der Waals surface area contributed by atoms with E-state index in [0.29, 0.717) is 0 Å². The number of piperazine rings is 1. The van der Waals surface area contributed by atoms with Crippen LogP contribution in [-0.4, -0.2) is 36.6 Å². The summed E-state index contributed by atoms with van der Waals surface area (Å²) in [7, 11) is 0. The van der Waals surface area contributed by atoms with Gasteiger partial charge in [0.15, 0.2) is 0 Å². The molecular weight excluding hydrogens is 196 g/mol. The van der Waals surface area contributed by atoms with E-state index in [9.17, 15) is 0 Å². The maximum Gasteiger partial charge on any atom is 0.0224 e. The van der Waals surface area contributed by atoms with Gasteiger partial charge in [-0.1, -0.05) is 12.8 Å². The maximum atomic E-state index is 3.74. The van der Waals surface area contributed by atoms with E-state index in [-0.39, 0.29) is 0 Å². The van der Waals surface area contributed by atoms with Crippen molar-refractivity contribution in [2.24, 2.45) is 11.8 Å². The summed E-state index contributed by atoms with van der Waals surface area (Å²) >= 11 is 0. The van der Waals surface area contributed by atoms with E-state index in [4.69, 9.17) is 0 Å². The van der Waals surface area contributed by atoms with Crippen LogP contribution in [-0.2, 0) is 0 Å². The topological polar surface area (TPSA) is 15.3 Å². The molecule has 0 spiro atoms. The van der Waals surface area contributed by atoms with Gasteiger partial charge in [0, 0.05) is 31.7 Å². The SMILES string of the molecule is CC1CNC(C2CC2)CN1CC1CCCC1. The fourth-order valence-corrected chi connectivity index (χ4v) is 3.54. The molecule has 3 fully saturated rings. The van der Waals surface area contributed by atoms with Crippen LogP contribution in [0.1, 0.15) is 45.4 Å². The van der Waals surface area contributed by atoms with E-state index < -0.39 is 0 Å². The number of nitrogens with one attached hydrogen (secondary N) is 1. The highest BCUT2D eigenvalue weighted by Crippen LogP contribution is 2.35. The van der Waals surface area contributed by atoms with Gasteiger partial charge >= 0.3 is 0 Å². The van der Waals surface area contributed by atoms with Crippen LogP contribution < -0.4 is 5.32 Å². The maximum absolute atomic E-state index is 3.74. The molecule has 0 radical (unpaired) electrons. The van der Waals surface area contributed by atoms with Crippen LogP contribution in [0, 0.1) is 11.8 Å². The quantitative estimate of drug-likeness (QED) is 0.788. The third-order valence-corrected chi connectivity index (χ3v) is 4.89. The van der Waals surface area contributed by atoms with Crippen molar-refractivity contribution >= 4 is 0 Å². The Morgan fingerprint density at radius 1 is 1.12 bits per heavy atom. The van der Waals surface area contributed by atoms with Gasteiger partial charge in [-0.15, -0.1) is 0 Å². The Morgan fingerprint density at radius 2 is 1.88 bits per heavy atom. The molecule has 0 aromatic heterocycles. The number of rotatable bonds is 3. The largest absolute Gasteiger partial charge is 0.311 e. The van der Waals surface area contributed by atoms with Gasteiger partial charge in [0.05, 0.1) is 0 Å². The van der Waals surface area contributed by atoms with Crippen molar-refractivity contribution in [2.45, 2.75) is 57.5 Å². The average Bonchev–Trinajstić information content (AvgIpc) is 3.01. The number of hydrogen-bond donors (Lipinski definition) is 1. The lowest BCUT2D eigenvalue weighted by Crippen LogP contribution is -2.57. The lowest BCUT2D eigenvalue weighted by atomic mass is 10.0. The zero-order valence-corrected chi connectivity index (χ0v) is 10.6. The third kappa shape index (κ3) is 2.43. The highest BCUT2D eigenvalue weighted by atomic mass is 15.2. The molecule has 92 valence electrons. The third-order valence-electron chi connectivity index (χ3n) is 4.89. The van der Waals surface area contributed by atoms with Crippen molar-refractivity contribution in [3.05, 3.63) is 0 Å². The first-order chi connectivity index (χ1) is 7.83. The molecule has 3 aliphatic rings. The van der Waals surface area contributed by atoms with Crippen molar-refractivity contribution in [1.82, 2.24) is 10.2 Å². The van der Waals surface area contributed by atoms with Crippen LogP contribution >= 0.6 is 0 Å². The second-order valence-corrected chi connectivity index (χ2v) is 6.31. The summed E-state index contributed by atoms with van der Waals surface area (Å²) in [6.45, 7) is 6.31. The lowest BCUT2D eigenvalue weighted by molar-refractivity contribution is 0.113. The fourth-order valence-electron chi connectivity index (χ4n) is 3.54. The van der Waals surface area contributed by atoms with Crippen molar-refractivity contribution < 1.29 is 0 Å². The van der Waals surface area contributed by atoms with E-state index >= 15 is 0 Å². The smallest absolute Gasteiger partial charge is 0.0224 e. The standard InChI is InChI=1S/C14H26N2/c1-11-8-15-14(13-6-7-13)10-16(11)9-12-4-2-3-5-12/h11-15H,2-10H2,1H3. The molecule has 2 heteroatoms. The van der Waals surface area contributed by atoms with E-state index in [1.54, 1.807) is 0 Å². The van der Waals surface area contributed by atoms with Gasteiger partial charge in [-0.25, -0.2) is 0 Å². The van der Waals surface area contributed by atoms with Gasteiger partial charge < -0.3 is 5.32 Å². The Balaban J connectivity index is 1.53. The van der Waals surface area contributed by atoms with Crippen molar-refractivity contribution in [3.8, 4) is 0 Å². The van der Waals surface area contributed by atoms with Crippen molar-refractivity contribution in [1.29, 1.82) is 0 Å². The summed E-state index contributed by atoms with van der Waals surface area (Å²) in [5.74, 6) is 2.03. The minimum atomic E-state index is 0.760. The first-order valence-corrected chi connectivity index (χ1v) is 7.30. The van der Waals surface area contributed by atoms with Crippen molar-refractivity contribution in [3.63, 3.8) is 0 Å². The molecule has 0 bridgehead atoms.